The first-order valence-corrected chi connectivity index (χ1v) is 10.4. The highest BCUT2D eigenvalue weighted by Gasteiger charge is 2.23. The number of anilines is 1. The summed E-state index contributed by atoms with van der Waals surface area (Å²) in [5.41, 5.74) is 7.13. The molecular weight excluding hydrogens is 370 g/mol. The van der Waals surface area contributed by atoms with E-state index < -0.39 is 0 Å². The summed E-state index contributed by atoms with van der Waals surface area (Å²) in [7, 11) is 0. The van der Waals surface area contributed by atoms with E-state index in [0.29, 0.717) is 0 Å². The number of fused-ring (bicyclic) bond motifs is 1. The molecule has 1 amide bonds. The van der Waals surface area contributed by atoms with E-state index in [2.05, 4.69) is 37.4 Å². The third-order valence-electron chi connectivity index (χ3n) is 5.45. The minimum atomic E-state index is -0.214. The van der Waals surface area contributed by atoms with Crippen LogP contribution in [0.3, 0.4) is 0 Å². The van der Waals surface area contributed by atoms with Crippen molar-refractivity contribution in [2.24, 2.45) is 0 Å². The van der Waals surface area contributed by atoms with Gasteiger partial charge in [0.15, 0.2) is 0 Å². The maximum Gasteiger partial charge on any atom is 0.233 e. The molecule has 0 bridgehead atoms. The first-order valence-electron chi connectivity index (χ1n) is 10.4. The zero-order valence-electron chi connectivity index (χ0n) is 17.9. The predicted octanol–water partition coefficient (Wildman–Crippen LogP) is 6.06. The minimum absolute atomic E-state index is 0.0169. The lowest BCUT2D eigenvalue weighted by Crippen LogP contribution is -2.22. The Kier molecular flexibility index (Phi) is 5.40. The van der Waals surface area contributed by atoms with Crippen molar-refractivity contribution in [1.82, 2.24) is 9.38 Å². The number of aromatic nitrogens is 2. The quantitative estimate of drug-likeness (QED) is 0.445. The summed E-state index contributed by atoms with van der Waals surface area (Å²) in [6.45, 7) is 8.25. The first kappa shape index (κ1) is 19.9. The first-order chi connectivity index (χ1) is 14.5. The molecule has 0 aliphatic carbocycles. The Balaban J connectivity index is 1.81. The number of carbonyl (C=O) groups is 1. The summed E-state index contributed by atoms with van der Waals surface area (Å²) in [5, 5.41) is 3.20. The standard InChI is InChI=1S/C26H27N3O/c1-5-22(20-9-7-6-8-10-20)26(30)28-25-24(21-14-18(3)13-19(4)15-21)27-23-16-17(2)11-12-29(23)25/h6-16,22H,5H2,1-4H3,(H,28,30)/t22-/m0/s1. The maximum absolute atomic E-state index is 13.3. The van der Waals surface area contributed by atoms with E-state index in [4.69, 9.17) is 4.98 Å². The Morgan fingerprint density at radius 1 is 0.967 bits per heavy atom. The number of nitrogens with one attached hydrogen (secondary N) is 1. The molecule has 0 fully saturated rings. The number of nitrogens with zero attached hydrogens (tertiary/aromatic N) is 2. The van der Waals surface area contributed by atoms with Gasteiger partial charge in [-0.15, -0.1) is 0 Å². The number of aryl methyl sites for hydroxylation is 3. The molecule has 2 aromatic heterocycles. The largest absolute Gasteiger partial charge is 0.309 e. The van der Waals surface area contributed by atoms with E-state index in [1.807, 2.05) is 66.9 Å². The Hall–Kier alpha value is -3.40. The second-order valence-corrected chi connectivity index (χ2v) is 7.98. The zero-order chi connectivity index (χ0) is 21.3. The number of pyridine rings is 1. The maximum atomic E-state index is 13.3. The van der Waals surface area contributed by atoms with Gasteiger partial charge in [0.2, 0.25) is 5.91 Å². The van der Waals surface area contributed by atoms with E-state index in [0.717, 1.165) is 40.3 Å². The summed E-state index contributed by atoms with van der Waals surface area (Å²) >= 11 is 0. The van der Waals surface area contributed by atoms with E-state index in [9.17, 15) is 4.79 Å². The Labute approximate surface area is 177 Å². The molecule has 152 valence electrons. The second-order valence-electron chi connectivity index (χ2n) is 7.98. The fraction of sp³-hybridized carbons (Fsp3) is 0.231. The monoisotopic (exact) mass is 397 g/mol. The van der Waals surface area contributed by atoms with Crippen molar-refractivity contribution >= 4 is 17.4 Å². The van der Waals surface area contributed by atoms with Crippen molar-refractivity contribution in [1.29, 1.82) is 0 Å². The summed E-state index contributed by atoms with van der Waals surface area (Å²) in [4.78, 5) is 18.2. The molecule has 2 aromatic carbocycles. The highest BCUT2D eigenvalue weighted by Crippen LogP contribution is 2.32. The fourth-order valence-electron chi connectivity index (χ4n) is 4.04. The van der Waals surface area contributed by atoms with E-state index >= 15 is 0 Å². The summed E-state index contributed by atoms with van der Waals surface area (Å²) in [5.74, 6) is 0.486. The van der Waals surface area contributed by atoms with Crippen LogP contribution in [0, 0.1) is 20.8 Å². The van der Waals surface area contributed by atoms with Gasteiger partial charge in [-0.25, -0.2) is 4.98 Å². The van der Waals surface area contributed by atoms with Crippen molar-refractivity contribution in [3.05, 3.63) is 89.1 Å². The van der Waals surface area contributed by atoms with Crippen LogP contribution < -0.4 is 5.32 Å². The SMILES string of the molecule is CC[C@H](C(=O)Nc1c(-c2cc(C)cc(C)c2)nc2cc(C)ccn12)c1ccccc1. The Morgan fingerprint density at radius 3 is 2.33 bits per heavy atom. The molecule has 4 heteroatoms. The topological polar surface area (TPSA) is 46.4 Å². The highest BCUT2D eigenvalue weighted by molar-refractivity contribution is 5.98. The lowest BCUT2D eigenvalue weighted by Gasteiger charge is -2.16. The normalized spacial score (nSPS) is 12.1. The molecule has 4 rings (SSSR count). The van der Waals surface area contributed by atoms with Crippen molar-refractivity contribution in [2.45, 2.75) is 40.0 Å². The molecule has 0 aliphatic heterocycles. The minimum Gasteiger partial charge on any atom is -0.309 e. The molecule has 0 aliphatic rings. The number of rotatable bonds is 5. The summed E-state index contributed by atoms with van der Waals surface area (Å²) in [6.07, 6.45) is 2.70. The number of imidazole rings is 1. The molecule has 0 saturated heterocycles. The third-order valence-corrected chi connectivity index (χ3v) is 5.45. The van der Waals surface area contributed by atoms with Gasteiger partial charge in [-0.1, -0.05) is 54.4 Å². The number of hydrogen-bond acceptors (Lipinski definition) is 2. The Bertz CT molecular complexity index is 1190. The van der Waals surface area contributed by atoms with E-state index in [-0.39, 0.29) is 11.8 Å². The van der Waals surface area contributed by atoms with Crippen LogP contribution in [0.4, 0.5) is 5.82 Å². The van der Waals surface area contributed by atoms with Crippen LogP contribution >= 0.6 is 0 Å². The third kappa shape index (κ3) is 3.86. The molecule has 2 heterocycles. The van der Waals surface area contributed by atoms with Crippen LogP contribution in [0.25, 0.3) is 16.9 Å². The molecule has 1 N–H and O–H groups in total. The van der Waals surface area contributed by atoms with Gasteiger partial charge in [0, 0.05) is 11.8 Å². The number of carbonyl (C=O) groups excluding carboxylic acids is 1. The van der Waals surface area contributed by atoms with Gasteiger partial charge >= 0.3 is 0 Å². The fourth-order valence-corrected chi connectivity index (χ4v) is 4.04. The van der Waals surface area contributed by atoms with E-state index in [1.165, 1.54) is 11.1 Å². The van der Waals surface area contributed by atoms with Crippen LogP contribution in [-0.4, -0.2) is 15.3 Å². The van der Waals surface area contributed by atoms with Gasteiger partial charge in [-0.2, -0.15) is 0 Å². The molecule has 0 unspecified atom stereocenters. The van der Waals surface area contributed by atoms with Crippen LogP contribution in [0.1, 0.15) is 41.5 Å². The van der Waals surface area contributed by atoms with Crippen molar-refractivity contribution in [2.75, 3.05) is 5.32 Å². The molecule has 0 spiro atoms. The predicted molar refractivity (Wildman–Crippen MR) is 123 cm³/mol. The van der Waals surface area contributed by atoms with Gasteiger partial charge < -0.3 is 5.32 Å². The lowest BCUT2D eigenvalue weighted by molar-refractivity contribution is -0.117. The van der Waals surface area contributed by atoms with Crippen LogP contribution in [0.15, 0.2) is 66.9 Å². The van der Waals surface area contributed by atoms with Gasteiger partial charge in [0.25, 0.3) is 0 Å². The summed E-state index contributed by atoms with van der Waals surface area (Å²) < 4.78 is 1.97. The number of amides is 1. The zero-order valence-corrected chi connectivity index (χ0v) is 17.9. The van der Waals surface area contributed by atoms with E-state index in [1.54, 1.807) is 0 Å². The van der Waals surface area contributed by atoms with Crippen LogP contribution in [-0.2, 0) is 4.79 Å². The molecule has 0 radical (unpaired) electrons. The second kappa shape index (κ2) is 8.15. The van der Waals surface area contributed by atoms with Gasteiger partial charge in [0.1, 0.15) is 17.2 Å². The average Bonchev–Trinajstić information content (AvgIpc) is 3.06. The lowest BCUT2D eigenvalue weighted by atomic mass is 9.95. The highest BCUT2D eigenvalue weighted by atomic mass is 16.2. The average molecular weight is 398 g/mol. The molecule has 1 atom stereocenters. The van der Waals surface area contributed by atoms with Crippen molar-refractivity contribution < 1.29 is 4.79 Å². The molecule has 0 saturated carbocycles. The Morgan fingerprint density at radius 2 is 1.67 bits per heavy atom. The molecule has 4 aromatic rings. The van der Waals surface area contributed by atoms with Crippen LogP contribution in [0.2, 0.25) is 0 Å². The number of benzene rings is 2. The van der Waals surface area contributed by atoms with Crippen molar-refractivity contribution in [3.8, 4) is 11.3 Å². The summed E-state index contributed by atoms with van der Waals surface area (Å²) in [6, 6.07) is 20.4. The van der Waals surface area contributed by atoms with Gasteiger partial charge in [0.05, 0.1) is 5.92 Å². The van der Waals surface area contributed by atoms with Gasteiger partial charge in [-0.05, 0) is 62.6 Å². The molecular formula is C26H27N3O. The van der Waals surface area contributed by atoms with Gasteiger partial charge in [-0.3, -0.25) is 9.20 Å². The molecule has 30 heavy (non-hydrogen) atoms. The smallest absolute Gasteiger partial charge is 0.233 e. The van der Waals surface area contributed by atoms with Crippen LogP contribution in [0.5, 0.6) is 0 Å². The number of hydrogen-bond donors (Lipinski definition) is 1. The molecule has 4 nitrogen and oxygen atoms in total. The van der Waals surface area contributed by atoms with Crippen molar-refractivity contribution in [3.63, 3.8) is 0 Å².